The third kappa shape index (κ3) is 6.99. The molecular weight excluding hydrogens is 311 g/mol. The number of hydrogen-bond acceptors (Lipinski definition) is 3. The van der Waals surface area contributed by atoms with Crippen molar-refractivity contribution in [1.82, 2.24) is 5.32 Å². The number of carbonyl (C=O) groups is 1. The summed E-state index contributed by atoms with van der Waals surface area (Å²) in [5.74, 6) is -0.232. The van der Waals surface area contributed by atoms with Gasteiger partial charge in [-0.2, -0.15) is 0 Å². The highest BCUT2D eigenvalue weighted by Gasteiger charge is 2.11. The van der Waals surface area contributed by atoms with Crippen LogP contribution in [-0.4, -0.2) is 32.2 Å². The number of ether oxygens (including phenoxy) is 1. The Labute approximate surface area is 129 Å². The van der Waals surface area contributed by atoms with Crippen LogP contribution in [0.4, 0.5) is 0 Å². The van der Waals surface area contributed by atoms with Crippen molar-refractivity contribution in [2.24, 2.45) is 5.73 Å². The molecule has 0 fully saturated rings. The van der Waals surface area contributed by atoms with E-state index in [9.17, 15) is 4.79 Å². The fourth-order valence-electron chi connectivity index (χ4n) is 1.47. The number of methoxy groups -OCH3 is 1. The molecule has 1 rings (SSSR count). The summed E-state index contributed by atoms with van der Waals surface area (Å²) in [5.41, 5.74) is 6.54. The zero-order chi connectivity index (χ0) is 13.5. The molecule has 0 spiro atoms. The number of rotatable bonds is 6. The van der Waals surface area contributed by atoms with Gasteiger partial charge in [-0.05, 0) is 30.2 Å². The fourth-order valence-corrected chi connectivity index (χ4v) is 2.04. The van der Waals surface area contributed by atoms with E-state index in [0.717, 1.165) is 5.56 Å². The van der Waals surface area contributed by atoms with Crippen molar-refractivity contribution in [3.05, 3.63) is 33.8 Å². The minimum absolute atomic E-state index is 0. The maximum Gasteiger partial charge on any atom is 0.239 e. The zero-order valence-corrected chi connectivity index (χ0v) is 12.8. The number of amides is 1. The summed E-state index contributed by atoms with van der Waals surface area (Å²) in [5, 5.41) is 3.89. The summed E-state index contributed by atoms with van der Waals surface area (Å²) in [4.78, 5) is 11.5. The topological polar surface area (TPSA) is 64.3 Å². The highest BCUT2D eigenvalue weighted by atomic mass is 35.5. The predicted molar refractivity (Wildman–Crippen MR) is 80.3 cm³/mol. The van der Waals surface area contributed by atoms with Crippen LogP contribution in [0.2, 0.25) is 10.0 Å². The van der Waals surface area contributed by atoms with Crippen molar-refractivity contribution in [3.8, 4) is 0 Å². The average molecular weight is 328 g/mol. The lowest BCUT2D eigenvalue weighted by Gasteiger charge is -2.11. The van der Waals surface area contributed by atoms with Gasteiger partial charge in [0.05, 0.1) is 6.61 Å². The SMILES string of the molecule is COCC(N)C(=O)NCCc1cc(Cl)cc(Cl)c1.Cl. The summed E-state index contributed by atoms with van der Waals surface area (Å²) < 4.78 is 4.80. The molecule has 1 amide bonds. The van der Waals surface area contributed by atoms with Crippen LogP contribution in [0, 0.1) is 0 Å². The summed E-state index contributed by atoms with van der Waals surface area (Å²) in [6, 6.07) is 4.65. The van der Waals surface area contributed by atoms with E-state index in [2.05, 4.69) is 5.32 Å². The van der Waals surface area contributed by atoms with Gasteiger partial charge in [-0.1, -0.05) is 23.2 Å². The fraction of sp³-hybridized carbons (Fsp3) is 0.417. The first-order chi connectivity index (χ1) is 8.52. The normalized spacial score (nSPS) is 11.6. The number of benzene rings is 1. The molecule has 1 aromatic rings. The molecular formula is C12H17Cl3N2O2. The van der Waals surface area contributed by atoms with Gasteiger partial charge in [-0.25, -0.2) is 0 Å². The Balaban J connectivity index is 0.00000324. The second kappa shape index (κ2) is 9.39. The van der Waals surface area contributed by atoms with E-state index < -0.39 is 6.04 Å². The van der Waals surface area contributed by atoms with E-state index in [0.29, 0.717) is 23.0 Å². The second-order valence-electron chi connectivity index (χ2n) is 3.88. The monoisotopic (exact) mass is 326 g/mol. The van der Waals surface area contributed by atoms with Gasteiger partial charge in [-0.3, -0.25) is 4.79 Å². The number of hydrogen-bond donors (Lipinski definition) is 2. The molecule has 0 saturated heterocycles. The maximum atomic E-state index is 11.5. The summed E-state index contributed by atoms with van der Waals surface area (Å²) in [7, 11) is 1.50. The largest absolute Gasteiger partial charge is 0.383 e. The molecule has 19 heavy (non-hydrogen) atoms. The highest BCUT2D eigenvalue weighted by molar-refractivity contribution is 6.34. The Kier molecular flexibility index (Phi) is 9.14. The summed E-state index contributed by atoms with van der Waals surface area (Å²) in [6.45, 7) is 0.682. The van der Waals surface area contributed by atoms with Crippen molar-refractivity contribution in [2.45, 2.75) is 12.5 Å². The molecule has 0 aliphatic carbocycles. The van der Waals surface area contributed by atoms with E-state index in [1.807, 2.05) is 12.1 Å². The van der Waals surface area contributed by atoms with Crippen molar-refractivity contribution >= 4 is 41.5 Å². The predicted octanol–water partition coefficient (Wildman–Crippen LogP) is 2.05. The Morgan fingerprint density at radius 1 is 1.37 bits per heavy atom. The van der Waals surface area contributed by atoms with Crippen LogP contribution in [0.25, 0.3) is 0 Å². The standard InChI is InChI=1S/C12H16Cl2N2O2.ClH/c1-18-7-11(15)12(17)16-3-2-8-4-9(13)6-10(14)5-8;/h4-6,11H,2-3,7,15H2,1H3,(H,16,17);1H. The Morgan fingerprint density at radius 3 is 2.47 bits per heavy atom. The van der Waals surface area contributed by atoms with Crippen LogP contribution in [0.3, 0.4) is 0 Å². The minimum atomic E-state index is -0.641. The zero-order valence-electron chi connectivity index (χ0n) is 10.5. The summed E-state index contributed by atoms with van der Waals surface area (Å²) >= 11 is 11.7. The van der Waals surface area contributed by atoms with Crippen LogP contribution < -0.4 is 11.1 Å². The molecule has 0 aromatic heterocycles. The molecule has 0 aliphatic rings. The first-order valence-electron chi connectivity index (χ1n) is 5.50. The van der Waals surface area contributed by atoms with E-state index in [4.69, 9.17) is 33.7 Å². The van der Waals surface area contributed by atoms with E-state index in [1.54, 1.807) is 6.07 Å². The second-order valence-corrected chi connectivity index (χ2v) is 4.75. The molecule has 0 heterocycles. The lowest BCUT2D eigenvalue weighted by atomic mass is 10.1. The van der Waals surface area contributed by atoms with Gasteiger partial charge in [0.1, 0.15) is 6.04 Å². The molecule has 1 unspecified atom stereocenters. The van der Waals surface area contributed by atoms with E-state index >= 15 is 0 Å². The van der Waals surface area contributed by atoms with Gasteiger partial charge in [0.15, 0.2) is 0 Å². The van der Waals surface area contributed by atoms with Crippen molar-refractivity contribution in [2.75, 3.05) is 20.3 Å². The van der Waals surface area contributed by atoms with E-state index in [-0.39, 0.29) is 24.9 Å². The first-order valence-corrected chi connectivity index (χ1v) is 6.25. The summed E-state index contributed by atoms with van der Waals surface area (Å²) in [6.07, 6.45) is 0.645. The molecule has 1 aromatic carbocycles. The Hall–Kier alpha value is -0.520. The van der Waals surface area contributed by atoms with Crippen LogP contribution in [0.15, 0.2) is 18.2 Å². The van der Waals surface area contributed by atoms with Gasteiger partial charge in [-0.15, -0.1) is 12.4 Å². The quantitative estimate of drug-likeness (QED) is 0.840. The van der Waals surface area contributed by atoms with E-state index in [1.165, 1.54) is 7.11 Å². The Bertz CT molecular complexity index is 396. The van der Waals surface area contributed by atoms with Gasteiger partial charge >= 0.3 is 0 Å². The third-order valence-electron chi connectivity index (χ3n) is 2.32. The molecule has 4 nitrogen and oxygen atoms in total. The number of halogens is 3. The van der Waals surface area contributed by atoms with Gasteiger partial charge in [0.2, 0.25) is 5.91 Å². The van der Waals surface area contributed by atoms with Crippen LogP contribution in [0.5, 0.6) is 0 Å². The van der Waals surface area contributed by atoms with Crippen LogP contribution in [0.1, 0.15) is 5.56 Å². The molecule has 108 valence electrons. The highest BCUT2D eigenvalue weighted by Crippen LogP contribution is 2.19. The third-order valence-corrected chi connectivity index (χ3v) is 2.75. The lowest BCUT2D eigenvalue weighted by molar-refractivity contribution is -0.123. The molecule has 0 bridgehead atoms. The molecule has 0 aliphatic heterocycles. The molecule has 0 radical (unpaired) electrons. The number of nitrogens with two attached hydrogens (primary N) is 1. The van der Waals surface area contributed by atoms with Crippen molar-refractivity contribution in [1.29, 1.82) is 0 Å². The molecule has 3 N–H and O–H groups in total. The smallest absolute Gasteiger partial charge is 0.239 e. The Morgan fingerprint density at radius 2 is 1.95 bits per heavy atom. The number of nitrogens with one attached hydrogen (secondary N) is 1. The van der Waals surface area contributed by atoms with Gasteiger partial charge < -0.3 is 15.8 Å². The molecule has 1 atom stereocenters. The molecule has 0 saturated carbocycles. The van der Waals surface area contributed by atoms with Crippen LogP contribution >= 0.6 is 35.6 Å². The maximum absolute atomic E-state index is 11.5. The van der Waals surface area contributed by atoms with Gasteiger partial charge in [0, 0.05) is 23.7 Å². The first kappa shape index (κ1) is 18.5. The number of carbonyl (C=O) groups excluding carboxylic acids is 1. The average Bonchev–Trinajstić information content (AvgIpc) is 2.27. The van der Waals surface area contributed by atoms with Crippen molar-refractivity contribution in [3.63, 3.8) is 0 Å². The van der Waals surface area contributed by atoms with Crippen molar-refractivity contribution < 1.29 is 9.53 Å². The lowest BCUT2D eigenvalue weighted by Crippen LogP contribution is -2.44. The minimum Gasteiger partial charge on any atom is -0.383 e. The molecule has 7 heteroatoms. The van der Waals surface area contributed by atoms with Crippen LogP contribution in [-0.2, 0) is 16.0 Å². The van der Waals surface area contributed by atoms with Gasteiger partial charge in [0.25, 0.3) is 0 Å².